The lowest BCUT2D eigenvalue weighted by molar-refractivity contribution is -0.137. The van der Waals surface area contributed by atoms with Crippen LogP contribution in [0.25, 0.3) is 0 Å². The Balaban J connectivity index is 1.91. The Hall–Kier alpha value is -2.50. The van der Waals surface area contributed by atoms with Crippen LogP contribution >= 0.6 is 0 Å². The van der Waals surface area contributed by atoms with Gasteiger partial charge < -0.3 is 10.1 Å². The first-order chi connectivity index (χ1) is 10.9. The van der Waals surface area contributed by atoms with Crippen molar-refractivity contribution in [2.45, 2.75) is 25.7 Å². The summed E-state index contributed by atoms with van der Waals surface area (Å²) in [7, 11) is 0. The second kappa shape index (κ2) is 7.17. The van der Waals surface area contributed by atoms with Crippen LogP contribution in [-0.2, 0) is 17.5 Å². The SMILES string of the molecule is CC(Oc1ccccc1)C(=O)NCc1cccc(C(F)(F)F)c1. The normalized spacial score (nSPS) is 12.5. The van der Waals surface area contributed by atoms with E-state index in [9.17, 15) is 18.0 Å². The van der Waals surface area contributed by atoms with Crippen molar-refractivity contribution in [2.24, 2.45) is 0 Å². The Morgan fingerprint density at radius 1 is 1.13 bits per heavy atom. The molecular formula is C17H16F3NO2. The second-order valence-corrected chi connectivity index (χ2v) is 4.99. The number of carbonyl (C=O) groups excluding carboxylic acids is 1. The lowest BCUT2D eigenvalue weighted by Crippen LogP contribution is -2.35. The molecule has 1 amide bonds. The molecule has 23 heavy (non-hydrogen) atoms. The van der Waals surface area contributed by atoms with E-state index in [-0.39, 0.29) is 6.54 Å². The minimum Gasteiger partial charge on any atom is -0.481 e. The summed E-state index contributed by atoms with van der Waals surface area (Å²) >= 11 is 0. The van der Waals surface area contributed by atoms with Crippen molar-refractivity contribution in [3.63, 3.8) is 0 Å². The number of amides is 1. The van der Waals surface area contributed by atoms with Gasteiger partial charge in [-0.15, -0.1) is 0 Å². The molecule has 0 aliphatic carbocycles. The maximum atomic E-state index is 12.6. The number of alkyl halides is 3. The summed E-state index contributed by atoms with van der Waals surface area (Å²) in [4.78, 5) is 11.9. The highest BCUT2D eigenvalue weighted by Gasteiger charge is 2.30. The van der Waals surface area contributed by atoms with Gasteiger partial charge in [-0.3, -0.25) is 4.79 Å². The number of hydrogen-bond donors (Lipinski definition) is 1. The maximum Gasteiger partial charge on any atom is 0.416 e. The largest absolute Gasteiger partial charge is 0.481 e. The first-order valence-corrected chi connectivity index (χ1v) is 7.02. The van der Waals surface area contributed by atoms with Crippen molar-refractivity contribution in [1.29, 1.82) is 0 Å². The topological polar surface area (TPSA) is 38.3 Å². The minimum atomic E-state index is -4.40. The molecule has 0 fully saturated rings. The van der Waals surface area contributed by atoms with Crippen LogP contribution in [0, 0.1) is 0 Å². The molecule has 0 aliphatic heterocycles. The van der Waals surface area contributed by atoms with Crippen molar-refractivity contribution >= 4 is 5.91 Å². The van der Waals surface area contributed by atoms with Crippen LogP contribution in [0.15, 0.2) is 54.6 Å². The van der Waals surface area contributed by atoms with Crippen LogP contribution in [0.4, 0.5) is 13.2 Å². The third-order valence-corrected chi connectivity index (χ3v) is 3.15. The van der Waals surface area contributed by atoms with Gasteiger partial charge in [0, 0.05) is 6.54 Å². The highest BCUT2D eigenvalue weighted by Crippen LogP contribution is 2.29. The van der Waals surface area contributed by atoms with E-state index in [1.807, 2.05) is 6.07 Å². The number of nitrogens with one attached hydrogen (secondary N) is 1. The fourth-order valence-electron chi connectivity index (χ4n) is 1.95. The molecule has 2 rings (SSSR count). The van der Waals surface area contributed by atoms with Gasteiger partial charge in [-0.2, -0.15) is 13.2 Å². The summed E-state index contributed by atoms with van der Waals surface area (Å²) < 4.78 is 43.3. The minimum absolute atomic E-state index is 0.00520. The molecule has 0 spiro atoms. The van der Waals surface area contributed by atoms with Gasteiger partial charge in [0.25, 0.3) is 5.91 Å². The third-order valence-electron chi connectivity index (χ3n) is 3.15. The first-order valence-electron chi connectivity index (χ1n) is 7.02. The number of carbonyl (C=O) groups is 1. The average molecular weight is 323 g/mol. The number of halogens is 3. The number of ether oxygens (including phenoxy) is 1. The molecule has 1 N–H and O–H groups in total. The smallest absolute Gasteiger partial charge is 0.416 e. The van der Waals surface area contributed by atoms with Crippen molar-refractivity contribution in [3.8, 4) is 5.75 Å². The van der Waals surface area contributed by atoms with Gasteiger partial charge in [-0.1, -0.05) is 30.3 Å². The van der Waals surface area contributed by atoms with Crippen molar-refractivity contribution in [3.05, 3.63) is 65.7 Å². The van der Waals surface area contributed by atoms with E-state index < -0.39 is 23.8 Å². The molecule has 0 aromatic heterocycles. The monoisotopic (exact) mass is 323 g/mol. The van der Waals surface area contributed by atoms with E-state index in [1.165, 1.54) is 12.1 Å². The molecule has 0 saturated carbocycles. The summed E-state index contributed by atoms with van der Waals surface area (Å²) in [5, 5.41) is 2.57. The summed E-state index contributed by atoms with van der Waals surface area (Å²) in [6, 6.07) is 13.7. The lowest BCUT2D eigenvalue weighted by atomic mass is 10.1. The molecule has 0 radical (unpaired) electrons. The lowest BCUT2D eigenvalue weighted by Gasteiger charge is -2.15. The second-order valence-electron chi connectivity index (χ2n) is 4.99. The fraction of sp³-hybridized carbons (Fsp3) is 0.235. The Morgan fingerprint density at radius 3 is 2.48 bits per heavy atom. The van der Waals surface area contributed by atoms with E-state index in [1.54, 1.807) is 31.2 Å². The number of para-hydroxylation sites is 1. The number of hydrogen-bond acceptors (Lipinski definition) is 2. The number of benzene rings is 2. The van der Waals surface area contributed by atoms with Gasteiger partial charge in [0.1, 0.15) is 5.75 Å². The Bertz CT molecular complexity index is 656. The van der Waals surface area contributed by atoms with Gasteiger partial charge in [0.05, 0.1) is 5.56 Å². The van der Waals surface area contributed by atoms with E-state index >= 15 is 0 Å². The van der Waals surface area contributed by atoms with Gasteiger partial charge in [-0.25, -0.2) is 0 Å². The van der Waals surface area contributed by atoms with Crippen LogP contribution in [0.3, 0.4) is 0 Å². The molecule has 0 saturated heterocycles. The zero-order chi connectivity index (χ0) is 16.9. The van der Waals surface area contributed by atoms with Gasteiger partial charge in [0.15, 0.2) is 6.10 Å². The molecule has 1 unspecified atom stereocenters. The van der Waals surface area contributed by atoms with E-state index in [0.717, 1.165) is 12.1 Å². The molecule has 2 aromatic carbocycles. The Kier molecular flexibility index (Phi) is 5.26. The summed E-state index contributed by atoms with van der Waals surface area (Å²) in [6.07, 6.45) is -5.15. The quantitative estimate of drug-likeness (QED) is 0.909. The summed E-state index contributed by atoms with van der Waals surface area (Å²) in [6.45, 7) is 1.58. The zero-order valence-corrected chi connectivity index (χ0v) is 12.4. The molecule has 6 heteroatoms. The molecular weight excluding hydrogens is 307 g/mol. The molecule has 1 atom stereocenters. The van der Waals surface area contributed by atoms with Crippen LogP contribution in [-0.4, -0.2) is 12.0 Å². The van der Waals surface area contributed by atoms with Crippen LogP contribution in [0.1, 0.15) is 18.1 Å². The average Bonchev–Trinajstić information content (AvgIpc) is 2.53. The third kappa shape index (κ3) is 5.02. The summed E-state index contributed by atoms with van der Waals surface area (Å²) in [5.74, 6) is 0.153. The van der Waals surface area contributed by atoms with Gasteiger partial charge >= 0.3 is 6.18 Å². The van der Waals surface area contributed by atoms with Gasteiger partial charge in [-0.05, 0) is 36.8 Å². The molecule has 0 bridgehead atoms. The Labute approximate surface area is 132 Å². The molecule has 3 nitrogen and oxygen atoms in total. The van der Waals surface area contributed by atoms with Crippen molar-refractivity contribution < 1.29 is 22.7 Å². The summed E-state index contributed by atoms with van der Waals surface area (Å²) in [5.41, 5.74) is -0.363. The molecule has 2 aromatic rings. The predicted molar refractivity (Wildman–Crippen MR) is 79.8 cm³/mol. The fourth-order valence-corrected chi connectivity index (χ4v) is 1.95. The zero-order valence-electron chi connectivity index (χ0n) is 12.4. The van der Waals surface area contributed by atoms with E-state index in [4.69, 9.17) is 4.74 Å². The van der Waals surface area contributed by atoms with Crippen molar-refractivity contribution in [2.75, 3.05) is 0 Å². The maximum absolute atomic E-state index is 12.6. The standard InChI is InChI=1S/C17H16F3NO2/c1-12(23-15-8-3-2-4-9-15)16(22)21-11-13-6-5-7-14(10-13)17(18,19)20/h2-10,12H,11H2,1H3,(H,21,22). The van der Waals surface area contributed by atoms with Gasteiger partial charge in [0.2, 0.25) is 0 Å². The Morgan fingerprint density at radius 2 is 1.83 bits per heavy atom. The van der Waals surface area contributed by atoms with Crippen LogP contribution in [0.2, 0.25) is 0 Å². The van der Waals surface area contributed by atoms with Crippen LogP contribution < -0.4 is 10.1 Å². The number of rotatable bonds is 5. The predicted octanol–water partition coefficient (Wildman–Crippen LogP) is 3.79. The molecule has 122 valence electrons. The first kappa shape index (κ1) is 16.9. The van der Waals surface area contributed by atoms with Crippen LogP contribution in [0.5, 0.6) is 5.75 Å². The van der Waals surface area contributed by atoms with Crippen molar-refractivity contribution in [1.82, 2.24) is 5.32 Å². The van der Waals surface area contributed by atoms with E-state index in [0.29, 0.717) is 11.3 Å². The molecule has 0 aliphatic rings. The highest BCUT2D eigenvalue weighted by molar-refractivity contribution is 5.80. The highest BCUT2D eigenvalue weighted by atomic mass is 19.4. The molecule has 0 heterocycles. The van der Waals surface area contributed by atoms with E-state index in [2.05, 4.69) is 5.32 Å².